The molecule has 3 fully saturated rings. The van der Waals surface area contributed by atoms with Gasteiger partial charge in [-0.2, -0.15) is 0 Å². The van der Waals surface area contributed by atoms with E-state index in [1.165, 1.54) is 23.7 Å². The Morgan fingerprint density at radius 1 is 1.12 bits per heavy atom. The fraction of sp³-hybridized carbons (Fsp3) is 1.00. The molecule has 0 heteroatoms. The lowest BCUT2D eigenvalue weighted by Gasteiger charge is -1.89. The Morgan fingerprint density at radius 3 is 2.38 bits per heavy atom. The molecule has 0 bridgehead atoms. The summed E-state index contributed by atoms with van der Waals surface area (Å²) in [7, 11) is 0. The molecule has 0 aromatic carbocycles. The SMILES string of the molecule is C[C@@H]1C2CC3CC3C21. The highest BCUT2D eigenvalue weighted by Gasteiger charge is 2.65. The van der Waals surface area contributed by atoms with Gasteiger partial charge in [-0.05, 0) is 42.4 Å². The first-order chi connectivity index (χ1) is 3.88. The fourth-order valence-electron chi connectivity index (χ4n) is 3.02. The van der Waals surface area contributed by atoms with Crippen molar-refractivity contribution in [1.29, 1.82) is 0 Å². The van der Waals surface area contributed by atoms with Crippen LogP contribution in [0.3, 0.4) is 0 Å². The summed E-state index contributed by atoms with van der Waals surface area (Å²) < 4.78 is 0. The summed E-state index contributed by atoms with van der Waals surface area (Å²) in [4.78, 5) is 0. The predicted molar refractivity (Wildman–Crippen MR) is 32.4 cm³/mol. The van der Waals surface area contributed by atoms with Gasteiger partial charge < -0.3 is 0 Å². The topological polar surface area (TPSA) is 0 Å². The Kier molecular flexibility index (Phi) is 0.427. The van der Waals surface area contributed by atoms with Crippen LogP contribution >= 0.6 is 0 Å². The number of fused-ring (bicyclic) bond motifs is 3. The van der Waals surface area contributed by atoms with Crippen LogP contribution in [-0.2, 0) is 0 Å². The largest absolute Gasteiger partial charge is 0.0619 e. The van der Waals surface area contributed by atoms with Crippen LogP contribution in [0.2, 0.25) is 0 Å². The lowest BCUT2D eigenvalue weighted by Crippen LogP contribution is -1.82. The molecule has 0 aliphatic heterocycles. The van der Waals surface area contributed by atoms with Gasteiger partial charge in [-0.3, -0.25) is 0 Å². The van der Waals surface area contributed by atoms with Crippen molar-refractivity contribution in [1.82, 2.24) is 0 Å². The third-order valence-corrected chi connectivity index (χ3v) is 3.68. The lowest BCUT2D eigenvalue weighted by atomic mass is 10.2. The molecule has 3 rings (SSSR count). The minimum absolute atomic E-state index is 1.14. The quantitative estimate of drug-likeness (QED) is 0.444. The third-order valence-electron chi connectivity index (χ3n) is 3.68. The summed E-state index contributed by atoms with van der Waals surface area (Å²) in [5.41, 5.74) is 0. The van der Waals surface area contributed by atoms with E-state index in [4.69, 9.17) is 0 Å². The first-order valence-corrected chi connectivity index (χ1v) is 3.88. The molecule has 3 saturated carbocycles. The van der Waals surface area contributed by atoms with Gasteiger partial charge in [0.1, 0.15) is 0 Å². The van der Waals surface area contributed by atoms with Crippen LogP contribution in [0.5, 0.6) is 0 Å². The molecule has 0 N–H and O–H groups in total. The highest BCUT2D eigenvalue weighted by Crippen LogP contribution is 2.72. The Bertz CT molecular complexity index is 137. The second-order valence-electron chi connectivity index (χ2n) is 4.00. The minimum Gasteiger partial charge on any atom is -0.0619 e. The molecule has 4 unspecified atom stereocenters. The van der Waals surface area contributed by atoms with E-state index in [-0.39, 0.29) is 0 Å². The van der Waals surface area contributed by atoms with Crippen molar-refractivity contribution in [2.75, 3.05) is 0 Å². The predicted octanol–water partition coefficient (Wildman–Crippen LogP) is 1.91. The fourth-order valence-corrected chi connectivity index (χ4v) is 3.02. The zero-order chi connectivity index (χ0) is 5.30. The van der Waals surface area contributed by atoms with E-state index in [2.05, 4.69) is 6.92 Å². The van der Waals surface area contributed by atoms with Gasteiger partial charge in [-0.15, -0.1) is 0 Å². The first-order valence-electron chi connectivity index (χ1n) is 3.88. The smallest absolute Gasteiger partial charge is 0.0323 e. The van der Waals surface area contributed by atoms with Gasteiger partial charge in [0.25, 0.3) is 0 Å². The van der Waals surface area contributed by atoms with Crippen molar-refractivity contribution in [2.24, 2.45) is 29.6 Å². The van der Waals surface area contributed by atoms with Crippen LogP contribution in [0.15, 0.2) is 0 Å². The molecule has 0 amide bonds. The molecule has 0 saturated heterocycles. The zero-order valence-electron chi connectivity index (χ0n) is 5.30. The lowest BCUT2D eigenvalue weighted by molar-refractivity contribution is 0.603. The number of hydrogen-bond acceptors (Lipinski definition) is 0. The summed E-state index contributed by atoms with van der Waals surface area (Å²) in [6.45, 7) is 2.43. The van der Waals surface area contributed by atoms with Gasteiger partial charge in [0, 0.05) is 0 Å². The molecule has 0 heterocycles. The summed E-state index contributed by atoms with van der Waals surface area (Å²) in [5.74, 6) is 6.02. The maximum atomic E-state index is 2.43. The van der Waals surface area contributed by atoms with Crippen molar-refractivity contribution in [3.63, 3.8) is 0 Å². The van der Waals surface area contributed by atoms with E-state index in [1.807, 2.05) is 0 Å². The second-order valence-corrected chi connectivity index (χ2v) is 4.00. The Balaban J connectivity index is 1.93. The van der Waals surface area contributed by atoms with Crippen LogP contribution < -0.4 is 0 Å². The Labute approximate surface area is 50.3 Å². The molecular formula is C8H12. The second kappa shape index (κ2) is 0.872. The molecule has 8 heavy (non-hydrogen) atoms. The van der Waals surface area contributed by atoms with Gasteiger partial charge in [0.15, 0.2) is 0 Å². The monoisotopic (exact) mass is 108 g/mol. The normalized spacial score (nSPS) is 73.9. The summed E-state index contributed by atoms with van der Waals surface area (Å²) in [5, 5.41) is 0. The first kappa shape index (κ1) is 3.92. The molecule has 5 atom stereocenters. The van der Waals surface area contributed by atoms with Crippen LogP contribution in [0.25, 0.3) is 0 Å². The highest BCUT2D eigenvalue weighted by molar-refractivity contribution is 5.14. The molecule has 0 aromatic heterocycles. The van der Waals surface area contributed by atoms with E-state index in [0.717, 1.165) is 5.92 Å². The van der Waals surface area contributed by atoms with E-state index >= 15 is 0 Å². The summed E-state index contributed by atoms with van der Waals surface area (Å²) >= 11 is 0. The van der Waals surface area contributed by atoms with Crippen molar-refractivity contribution in [2.45, 2.75) is 19.8 Å². The number of rotatable bonds is 0. The van der Waals surface area contributed by atoms with E-state index < -0.39 is 0 Å². The van der Waals surface area contributed by atoms with E-state index in [9.17, 15) is 0 Å². The molecule has 0 radical (unpaired) electrons. The summed E-state index contributed by atoms with van der Waals surface area (Å²) in [6, 6.07) is 0. The minimum atomic E-state index is 1.14. The number of hydrogen-bond donors (Lipinski definition) is 0. The van der Waals surface area contributed by atoms with Gasteiger partial charge >= 0.3 is 0 Å². The van der Waals surface area contributed by atoms with Crippen LogP contribution in [0.1, 0.15) is 19.8 Å². The average Bonchev–Trinajstić information content (AvgIpc) is 2.57. The highest BCUT2D eigenvalue weighted by atomic mass is 14.7. The van der Waals surface area contributed by atoms with E-state index in [1.54, 1.807) is 12.8 Å². The maximum absolute atomic E-state index is 2.43. The van der Waals surface area contributed by atoms with Crippen LogP contribution in [-0.4, -0.2) is 0 Å². The zero-order valence-corrected chi connectivity index (χ0v) is 5.30. The molecule has 0 nitrogen and oxygen atoms in total. The van der Waals surface area contributed by atoms with Crippen molar-refractivity contribution in [3.05, 3.63) is 0 Å². The van der Waals surface area contributed by atoms with Gasteiger partial charge in [-0.1, -0.05) is 6.92 Å². The molecular weight excluding hydrogens is 96.1 g/mol. The van der Waals surface area contributed by atoms with Crippen molar-refractivity contribution in [3.8, 4) is 0 Å². The molecule has 3 aliphatic carbocycles. The summed E-state index contributed by atoms with van der Waals surface area (Å²) in [6.07, 6.45) is 3.21. The van der Waals surface area contributed by atoms with E-state index in [0.29, 0.717) is 0 Å². The van der Waals surface area contributed by atoms with Gasteiger partial charge in [-0.25, -0.2) is 0 Å². The molecule has 44 valence electrons. The van der Waals surface area contributed by atoms with Crippen molar-refractivity contribution < 1.29 is 0 Å². The van der Waals surface area contributed by atoms with Crippen LogP contribution in [0.4, 0.5) is 0 Å². The standard InChI is InChI=1S/C8H12/c1-4-6-2-5-3-7(5)8(4)6/h4-8H,2-3H2,1H3/t4-,5?,6?,7?,8?/m1/s1. The average molecular weight is 108 g/mol. The molecule has 0 spiro atoms. The third kappa shape index (κ3) is 0.260. The van der Waals surface area contributed by atoms with Crippen molar-refractivity contribution >= 4 is 0 Å². The van der Waals surface area contributed by atoms with Gasteiger partial charge in [0.05, 0.1) is 0 Å². The Hall–Kier alpha value is 0. The Morgan fingerprint density at radius 2 is 1.88 bits per heavy atom. The molecule has 0 aromatic rings. The van der Waals surface area contributed by atoms with Crippen LogP contribution in [0, 0.1) is 29.6 Å². The van der Waals surface area contributed by atoms with Gasteiger partial charge in [0.2, 0.25) is 0 Å². The maximum Gasteiger partial charge on any atom is -0.0323 e. The molecule has 3 aliphatic rings.